The third-order valence-electron chi connectivity index (χ3n) is 12.4. The summed E-state index contributed by atoms with van der Waals surface area (Å²) < 4.78 is 5.93. The van der Waals surface area contributed by atoms with Crippen molar-refractivity contribution >= 4 is 5.78 Å². The number of fused-ring (bicyclic) bond motifs is 5. The molecular formula is C31H51N3O3. The van der Waals surface area contributed by atoms with E-state index < -0.39 is 5.60 Å². The van der Waals surface area contributed by atoms with Gasteiger partial charge < -0.3 is 15.3 Å². The van der Waals surface area contributed by atoms with Crippen LogP contribution in [0.2, 0.25) is 0 Å². The molecule has 6 heteroatoms. The molecule has 0 aromatic rings. The van der Waals surface area contributed by atoms with Crippen LogP contribution >= 0.6 is 0 Å². The molecule has 4 fully saturated rings. The van der Waals surface area contributed by atoms with Crippen molar-refractivity contribution in [3.05, 3.63) is 11.4 Å². The Bertz CT molecular complexity index is 917. The quantitative estimate of drug-likeness (QED) is 0.452. The molecule has 0 unspecified atom stereocenters. The first kappa shape index (κ1) is 26.1. The van der Waals surface area contributed by atoms with Gasteiger partial charge >= 0.3 is 0 Å². The highest BCUT2D eigenvalue weighted by molar-refractivity contribution is 5.84. The second-order valence-electron chi connectivity index (χ2n) is 14.3. The fourth-order valence-electron chi connectivity index (χ4n) is 10.6. The Hall–Kier alpha value is -1.11. The summed E-state index contributed by atoms with van der Waals surface area (Å²) in [6.07, 6.45) is 17.3. The summed E-state index contributed by atoms with van der Waals surface area (Å²) >= 11 is 0. The maximum Gasteiger partial charge on any atom is 0.157 e. The number of Topliss-reactive ketones (excluding diaryl/α,β-unsaturated/α-hetero) is 1. The van der Waals surface area contributed by atoms with Gasteiger partial charge in [-0.15, -0.1) is 5.53 Å². The molecule has 4 saturated carbocycles. The molecule has 0 aromatic heterocycles. The SMILES string of the molecule is COC[C@]12CC[C@@](C)(O)C[C@@H]1CC[C@H]1[C@@H]3CC[C@H](C(=O)CN4NNC5=C4CCCCCC5)[C@@]3(C)CC[C@@H]12. The Kier molecular flexibility index (Phi) is 6.93. The van der Waals surface area contributed by atoms with E-state index in [1.54, 1.807) is 0 Å². The molecule has 0 amide bonds. The first-order chi connectivity index (χ1) is 17.8. The third kappa shape index (κ3) is 4.37. The van der Waals surface area contributed by atoms with Crippen molar-refractivity contribution in [2.24, 2.45) is 40.4 Å². The van der Waals surface area contributed by atoms with Crippen molar-refractivity contribution in [3.8, 4) is 0 Å². The smallest absolute Gasteiger partial charge is 0.157 e. The van der Waals surface area contributed by atoms with Gasteiger partial charge in [0.1, 0.15) is 0 Å². The maximum absolute atomic E-state index is 13.9. The number of methoxy groups -OCH3 is 1. The summed E-state index contributed by atoms with van der Waals surface area (Å²) in [5.74, 6) is 3.24. The molecule has 0 bridgehead atoms. The number of aliphatic hydroxyl groups is 1. The molecular weight excluding hydrogens is 462 g/mol. The normalized spacial score (nSPS) is 45.7. The molecule has 1 aliphatic heterocycles. The van der Waals surface area contributed by atoms with Crippen LogP contribution in [0.15, 0.2) is 11.4 Å². The van der Waals surface area contributed by atoms with Gasteiger partial charge in [-0.25, -0.2) is 0 Å². The van der Waals surface area contributed by atoms with Crippen LogP contribution in [0.5, 0.6) is 0 Å². The predicted molar refractivity (Wildman–Crippen MR) is 145 cm³/mol. The fourth-order valence-corrected chi connectivity index (χ4v) is 10.6. The minimum absolute atomic E-state index is 0.130. The summed E-state index contributed by atoms with van der Waals surface area (Å²) in [6, 6.07) is 0. The van der Waals surface area contributed by atoms with Crippen LogP contribution in [0.4, 0.5) is 0 Å². The van der Waals surface area contributed by atoms with E-state index in [2.05, 4.69) is 22.9 Å². The minimum atomic E-state index is -0.521. The summed E-state index contributed by atoms with van der Waals surface area (Å²) in [6.45, 7) is 5.85. The van der Waals surface area contributed by atoms with Crippen LogP contribution in [-0.4, -0.2) is 41.8 Å². The van der Waals surface area contributed by atoms with Crippen LogP contribution in [-0.2, 0) is 9.53 Å². The second-order valence-corrected chi connectivity index (χ2v) is 14.3. The molecule has 0 saturated heterocycles. The molecule has 3 N–H and O–H groups in total. The molecule has 6 rings (SSSR count). The van der Waals surface area contributed by atoms with Gasteiger partial charge in [0.2, 0.25) is 0 Å². The zero-order valence-corrected chi connectivity index (χ0v) is 23.6. The van der Waals surface area contributed by atoms with E-state index >= 15 is 0 Å². The lowest BCUT2D eigenvalue weighted by atomic mass is 9.43. The third-order valence-corrected chi connectivity index (χ3v) is 12.4. The highest BCUT2D eigenvalue weighted by Gasteiger charge is 2.63. The Morgan fingerprint density at radius 2 is 1.81 bits per heavy atom. The molecule has 8 atom stereocenters. The number of hydrogen-bond donors (Lipinski definition) is 3. The van der Waals surface area contributed by atoms with Crippen molar-refractivity contribution in [2.45, 2.75) is 116 Å². The second kappa shape index (κ2) is 9.82. The van der Waals surface area contributed by atoms with E-state index in [-0.39, 0.29) is 16.7 Å². The molecule has 0 spiro atoms. The largest absolute Gasteiger partial charge is 0.390 e. The first-order valence-electron chi connectivity index (χ1n) is 15.5. The number of allylic oxidation sites excluding steroid dienone is 2. The zero-order chi connectivity index (χ0) is 25.8. The van der Waals surface area contributed by atoms with E-state index in [1.165, 1.54) is 69.2 Å². The fraction of sp³-hybridized carbons (Fsp3) is 0.903. The number of nitrogens with zero attached hydrogens (tertiary/aromatic N) is 1. The van der Waals surface area contributed by atoms with Gasteiger partial charge in [-0.2, -0.15) is 0 Å². The highest BCUT2D eigenvalue weighted by Crippen LogP contribution is 2.68. The predicted octanol–water partition coefficient (Wildman–Crippen LogP) is 5.48. The molecule has 6 aliphatic rings. The van der Waals surface area contributed by atoms with Gasteiger partial charge in [0.25, 0.3) is 0 Å². The maximum atomic E-state index is 13.9. The summed E-state index contributed by atoms with van der Waals surface area (Å²) in [4.78, 5) is 13.9. The monoisotopic (exact) mass is 513 g/mol. The Labute approximate surface area is 224 Å². The Morgan fingerprint density at radius 3 is 2.62 bits per heavy atom. The Morgan fingerprint density at radius 1 is 1.00 bits per heavy atom. The van der Waals surface area contributed by atoms with E-state index in [1.807, 2.05) is 14.0 Å². The summed E-state index contributed by atoms with van der Waals surface area (Å²) in [7, 11) is 1.87. The summed E-state index contributed by atoms with van der Waals surface area (Å²) in [5.41, 5.74) is 9.23. The molecule has 0 radical (unpaired) electrons. The molecule has 5 aliphatic carbocycles. The standard InChI is InChI=1S/C31H51N3O3/c1-29(36)16-17-31(20-37-3)21(18-29)10-11-22-23-12-13-25(30(23,2)15-14-24(22)31)28(35)19-34-27-9-7-5-4-6-8-26(27)32-33-34/h21-25,32-33,36H,4-20H2,1-3H3/t21-,22-,23-,24-,25+,29+,30-,31+/m0/s1. The lowest BCUT2D eigenvalue weighted by Gasteiger charge is -2.62. The van der Waals surface area contributed by atoms with Gasteiger partial charge in [0, 0.05) is 18.7 Å². The first-order valence-corrected chi connectivity index (χ1v) is 15.5. The topological polar surface area (TPSA) is 73.8 Å². The molecule has 208 valence electrons. The number of rotatable bonds is 5. The van der Waals surface area contributed by atoms with E-state index in [4.69, 9.17) is 4.74 Å². The number of hydrogen-bond acceptors (Lipinski definition) is 6. The molecule has 0 aromatic carbocycles. The van der Waals surface area contributed by atoms with Gasteiger partial charge in [-0.05, 0) is 125 Å². The average Bonchev–Trinajstić information content (AvgIpc) is 3.38. The lowest BCUT2D eigenvalue weighted by Crippen LogP contribution is -2.58. The van der Waals surface area contributed by atoms with Crippen molar-refractivity contribution in [3.63, 3.8) is 0 Å². The zero-order valence-electron chi connectivity index (χ0n) is 23.6. The number of hydrazine groups is 2. The van der Waals surface area contributed by atoms with E-state index in [9.17, 15) is 9.90 Å². The van der Waals surface area contributed by atoms with Crippen LogP contribution in [0, 0.1) is 40.4 Å². The average molecular weight is 514 g/mol. The van der Waals surface area contributed by atoms with Gasteiger partial charge in [0.05, 0.1) is 24.4 Å². The van der Waals surface area contributed by atoms with Gasteiger partial charge in [-0.3, -0.25) is 9.80 Å². The van der Waals surface area contributed by atoms with Crippen LogP contribution in [0.25, 0.3) is 0 Å². The number of carbonyl (C=O) groups excluding carboxylic acids is 1. The number of ether oxygens (including phenoxy) is 1. The van der Waals surface area contributed by atoms with Crippen molar-refractivity contribution in [2.75, 3.05) is 20.3 Å². The Balaban J connectivity index is 1.18. The summed E-state index contributed by atoms with van der Waals surface area (Å²) in [5, 5.41) is 13.1. The number of carbonyl (C=O) groups is 1. The lowest BCUT2D eigenvalue weighted by molar-refractivity contribution is -0.175. The highest BCUT2D eigenvalue weighted by atomic mass is 16.5. The number of nitrogens with one attached hydrogen (secondary N) is 2. The van der Waals surface area contributed by atoms with E-state index in [0.717, 1.165) is 45.1 Å². The van der Waals surface area contributed by atoms with Crippen molar-refractivity contribution < 1.29 is 14.6 Å². The van der Waals surface area contributed by atoms with Gasteiger partial charge in [-0.1, -0.05) is 19.8 Å². The van der Waals surface area contributed by atoms with Crippen molar-refractivity contribution in [1.29, 1.82) is 0 Å². The van der Waals surface area contributed by atoms with Crippen molar-refractivity contribution in [1.82, 2.24) is 16.0 Å². The minimum Gasteiger partial charge on any atom is -0.390 e. The molecule has 1 heterocycles. The van der Waals surface area contributed by atoms with Gasteiger partial charge in [0.15, 0.2) is 5.78 Å². The molecule has 6 nitrogen and oxygen atoms in total. The van der Waals surface area contributed by atoms with Crippen LogP contribution in [0.1, 0.15) is 110 Å². The van der Waals surface area contributed by atoms with Crippen LogP contribution in [0.3, 0.4) is 0 Å². The van der Waals surface area contributed by atoms with E-state index in [0.29, 0.717) is 36.0 Å². The molecule has 37 heavy (non-hydrogen) atoms. The number of ketones is 1. The van der Waals surface area contributed by atoms with Crippen LogP contribution < -0.4 is 11.0 Å².